The Balaban J connectivity index is 0.000000157. The van der Waals surface area contributed by atoms with Gasteiger partial charge in [0.1, 0.15) is 11.9 Å². The molecule has 0 unspecified atom stereocenters. The van der Waals surface area contributed by atoms with Gasteiger partial charge in [0.05, 0.1) is 0 Å². The summed E-state index contributed by atoms with van der Waals surface area (Å²) in [5, 5.41) is 9.14. The fourth-order valence-corrected chi connectivity index (χ4v) is 5.77. The van der Waals surface area contributed by atoms with Crippen molar-refractivity contribution < 1.29 is 14.6 Å². The van der Waals surface area contributed by atoms with Crippen LogP contribution in [0.3, 0.4) is 0 Å². The second-order valence-corrected chi connectivity index (χ2v) is 9.80. The Hall–Kier alpha value is -3.07. The van der Waals surface area contributed by atoms with Crippen LogP contribution in [0.4, 0.5) is 0 Å². The van der Waals surface area contributed by atoms with Crippen LogP contribution in [0.15, 0.2) is 78.9 Å². The number of ether oxygens (including phenoxy) is 1. The fraction of sp³-hybridized carbons (Fsp3) is 0.367. The molecule has 4 aliphatic carbocycles. The van der Waals surface area contributed by atoms with Crippen LogP contribution in [-0.2, 0) is 9.53 Å². The van der Waals surface area contributed by atoms with Gasteiger partial charge in [-0.25, -0.2) is 4.79 Å². The number of aromatic hydroxyl groups is 1. The zero-order valence-corrected chi connectivity index (χ0v) is 19.4. The van der Waals surface area contributed by atoms with E-state index in [1.807, 2.05) is 48.6 Å². The van der Waals surface area contributed by atoms with Crippen LogP contribution in [0.5, 0.6) is 5.75 Å². The Morgan fingerprint density at radius 2 is 1.36 bits per heavy atom. The molecule has 4 saturated carbocycles. The highest BCUT2D eigenvalue weighted by Gasteiger charge is 2.49. The van der Waals surface area contributed by atoms with Gasteiger partial charge in [-0.3, -0.25) is 0 Å². The number of hydrogen-bond donors (Lipinski definition) is 1. The molecule has 4 fully saturated rings. The summed E-state index contributed by atoms with van der Waals surface area (Å²) in [7, 11) is 0. The molecule has 0 radical (unpaired) electrons. The normalized spacial score (nSPS) is 27.4. The van der Waals surface area contributed by atoms with Crippen LogP contribution in [0.25, 0.3) is 12.2 Å². The molecule has 172 valence electrons. The quantitative estimate of drug-likeness (QED) is 0.307. The fourth-order valence-electron chi connectivity index (χ4n) is 5.77. The molecule has 33 heavy (non-hydrogen) atoms. The van der Waals surface area contributed by atoms with Gasteiger partial charge in [0.2, 0.25) is 0 Å². The Labute approximate surface area is 197 Å². The zero-order valence-electron chi connectivity index (χ0n) is 19.4. The number of phenolic OH excluding ortho intramolecular Hbond substituents is 1. The second kappa shape index (κ2) is 10.7. The molecule has 0 heterocycles. The van der Waals surface area contributed by atoms with E-state index in [2.05, 4.69) is 24.8 Å². The van der Waals surface area contributed by atoms with Crippen LogP contribution in [0.2, 0.25) is 0 Å². The average Bonchev–Trinajstić information content (AvgIpc) is 2.81. The van der Waals surface area contributed by atoms with Gasteiger partial charge in [-0.2, -0.15) is 0 Å². The minimum atomic E-state index is -0.183. The zero-order chi connectivity index (χ0) is 23.2. The predicted octanol–water partition coefficient (Wildman–Crippen LogP) is 7.05. The van der Waals surface area contributed by atoms with Gasteiger partial charge in [-0.05, 0) is 86.0 Å². The molecular formula is C30H34O3. The van der Waals surface area contributed by atoms with E-state index in [1.54, 1.807) is 19.1 Å². The maximum Gasteiger partial charge on any atom is 0.333 e. The maximum atomic E-state index is 11.6. The molecule has 2 aromatic rings. The Bertz CT molecular complexity index is 973. The molecule has 3 heteroatoms. The number of phenols is 1. The average molecular weight is 443 g/mol. The first-order valence-electron chi connectivity index (χ1n) is 12.0. The SMILES string of the molecule is C=C(C)C(=O)OC1C2CC3CC(C2)CC1C3.Oc1ccc(C=CC=Cc2ccccc2)cc1. The highest BCUT2D eigenvalue weighted by Crippen LogP contribution is 2.54. The first-order chi connectivity index (χ1) is 16.0. The third-order valence-electron chi connectivity index (χ3n) is 7.11. The topological polar surface area (TPSA) is 46.5 Å². The van der Waals surface area contributed by atoms with Gasteiger partial charge in [0.25, 0.3) is 0 Å². The van der Waals surface area contributed by atoms with E-state index >= 15 is 0 Å². The highest BCUT2D eigenvalue weighted by atomic mass is 16.5. The molecule has 0 saturated heterocycles. The molecule has 3 nitrogen and oxygen atoms in total. The molecule has 2 aromatic carbocycles. The largest absolute Gasteiger partial charge is 0.508 e. The monoisotopic (exact) mass is 442 g/mol. The first kappa shape index (κ1) is 23.1. The van der Waals surface area contributed by atoms with E-state index in [0.29, 0.717) is 23.2 Å². The summed E-state index contributed by atoms with van der Waals surface area (Å²) in [6.45, 7) is 5.40. The van der Waals surface area contributed by atoms with Gasteiger partial charge >= 0.3 is 5.97 Å². The third-order valence-corrected chi connectivity index (χ3v) is 7.11. The number of carbonyl (C=O) groups is 1. The molecule has 0 aromatic heterocycles. The summed E-state index contributed by atoms with van der Waals surface area (Å²) >= 11 is 0. The maximum absolute atomic E-state index is 11.6. The number of benzene rings is 2. The number of esters is 1. The Morgan fingerprint density at radius 1 is 0.848 bits per heavy atom. The second-order valence-electron chi connectivity index (χ2n) is 9.80. The molecule has 0 spiro atoms. The van der Waals surface area contributed by atoms with Crippen LogP contribution in [0, 0.1) is 23.7 Å². The standard InChI is InChI=1S/C16H14O.C14H20O2/c17-16-12-10-15(11-13-16)9-5-4-8-14-6-2-1-3-7-14;1-8(2)14(15)16-13-11-4-9-3-10(6-11)7-12(13)5-9/h1-13,17H;9-13H,1,3-7H2,2H3. The highest BCUT2D eigenvalue weighted by molar-refractivity contribution is 5.87. The Kier molecular flexibility index (Phi) is 7.49. The lowest BCUT2D eigenvalue weighted by Crippen LogP contribution is -2.50. The summed E-state index contributed by atoms with van der Waals surface area (Å²) in [5.74, 6) is 3.28. The summed E-state index contributed by atoms with van der Waals surface area (Å²) < 4.78 is 5.65. The lowest BCUT2D eigenvalue weighted by atomic mass is 9.55. The van der Waals surface area contributed by atoms with Crippen LogP contribution in [0.1, 0.15) is 50.2 Å². The van der Waals surface area contributed by atoms with Crippen molar-refractivity contribution >= 4 is 18.1 Å². The van der Waals surface area contributed by atoms with E-state index in [4.69, 9.17) is 9.84 Å². The molecule has 0 aliphatic heterocycles. The van der Waals surface area contributed by atoms with Gasteiger partial charge in [-0.1, -0.05) is 73.3 Å². The van der Waals surface area contributed by atoms with Gasteiger partial charge in [0.15, 0.2) is 0 Å². The van der Waals surface area contributed by atoms with E-state index in [9.17, 15) is 4.79 Å². The van der Waals surface area contributed by atoms with Crippen molar-refractivity contribution in [3.8, 4) is 5.75 Å². The van der Waals surface area contributed by atoms with Crippen molar-refractivity contribution in [2.75, 3.05) is 0 Å². The third kappa shape index (κ3) is 6.25. The number of rotatable bonds is 5. The summed E-state index contributed by atoms with van der Waals surface area (Å²) in [6, 6.07) is 17.3. The lowest BCUT2D eigenvalue weighted by molar-refractivity contribution is -0.166. The predicted molar refractivity (Wildman–Crippen MR) is 134 cm³/mol. The molecule has 1 N–H and O–H groups in total. The number of carbonyl (C=O) groups excluding carboxylic acids is 1. The van der Waals surface area contributed by atoms with Crippen molar-refractivity contribution in [3.63, 3.8) is 0 Å². The minimum Gasteiger partial charge on any atom is -0.508 e. The van der Waals surface area contributed by atoms with Crippen LogP contribution < -0.4 is 0 Å². The van der Waals surface area contributed by atoms with Crippen LogP contribution >= 0.6 is 0 Å². The summed E-state index contributed by atoms with van der Waals surface area (Å²) in [6.07, 6.45) is 14.9. The molecule has 0 atom stereocenters. The van der Waals surface area contributed by atoms with Gasteiger partial charge < -0.3 is 9.84 Å². The Morgan fingerprint density at radius 3 is 1.88 bits per heavy atom. The molecule has 4 aliphatic rings. The summed E-state index contributed by atoms with van der Waals surface area (Å²) in [4.78, 5) is 11.6. The van der Waals surface area contributed by atoms with E-state index < -0.39 is 0 Å². The van der Waals surface area contributed by atoms with Crippen molar-refractivity contribution in [3.05, 3.63) is 90.0 Å². The van der Waals surface area contributed by atoms with Crippen molar-refractivity contribution in [2.45, 2.75) is 45.1 Å². The molecule has 6 rings (SSSR count). The van der Waals surface area contributed by atoms with Gasteiger partial charge in [0, 0.05) is 5.57 Å². The van der Waals surface area contributed by atoms with E-state index in [-0.39, 0.29) is 12.1 Å². The smallest absolute Gasteiger partial charge is 0.333 e. The van der Waals surface area contributed by atoms with Crippen molar-refractivity contribution in [1.82, 2.24) is 0 Å². The number of hydrogen-bond acceptors (Lipinski definition) is 3. The molecule has 0 amide bonds. The van der Waals surface area contributed by atoms with E-state index in [0.717, 1.165) is 17.4 Å². The van der Waals surface area contributed by atoms with Crippen LogP contribution in [-0.4, -0.2) is 17.2 Å². The minimum absolute atomic E-state index is 0.183. The van der Waals surface area contributed by atoms with Crippen molar-refractivity contribution in [1.29, 1.82) is 0 Å². The van der Waals surface area contributed by atoms with Gasteiger partial charge in [-0.15, -0.1) is 0 Å². The van der Waals surface area contributed by atoms with E-state index in [1.165, 1.54) is 37.7 Å². The molecule has 4 bridgehead atoms. The lowest BCUT2D eigenvalue weighted by Gasteiger charge is -2.53. The molecular weight excluding hydrogens is 408 g/mol. The first-order valence-corrected chi connectivity index (χ1v) is 12.0. The number of allylic oxidation sites excluding steroid dienone is 2. The summed E-state index contributed by atoms with van der Waals surface area (Å²) in [5.41, 5.74) is 2.79. The van der Waals surface area contributed by atoms with Crippen molar-refractivity contribution in [2.24, 2.45) is 23.7 Å².